The van der Waals surface area contributed by atoms with Crippen LogP contribution in [0.25, 0.3) is 0 Å². The maximum Gasteiger partial charge on any atom is 0.129 e. The van der Waals surface area contributed by atoms with E-state index >= 15 is 0 Å². The van der Waals surface area contributed by atoms with Crippen LogP contribution in [0, 0.1) is 12.7 Å². The normalized spacial score (nSPS) is 12.3. The second kappa shape index (κ2) is 5.81. The van der Waals surface area contributed by atoms with Gasteiger partial charge in [-0.15, -0.1) is 11.6 Å². The lowest BCUT2D eigenvalue weighted by atomic mass is 9.99. The van der Waals surface area contributed by atoms with Gasteiger partial charge < -0.3 is 4.74 Å². The fourth-order valence-corrected chi connectivity index (χ4v) is 2.76. The van der Waals surface area contributed by atoms with Gasteiger partial charge in [-0.2, -0.15) is 0 Å². The summed E-state index contributed by atoms with van der Waals surface area (Å²) in [6, 6.07) is 10.0. The average Bonchev–Trinajstić information content (AvgIpc) is 2.38. The summed E-state index contributed by atoms with van der Waals surface area (Å²) in [5, 5.41) is -0.296. The molecule has 0 aliphatic carbocycles. The van der Waals surface area contributed by atoms with E-state index in [0.29, 0.717) is 10.6 Å². The second-order valence-corrected chi connectivity index (χ2v) is 5.06. The minimum atomic E-state index is -0.625. The van der Waals surface area contributed by atoms with Crippen molar-refractivity contribution < 1.29 is 9.13 Å². The van der Waals surface area contributed by atoms with Gasteiger partial charge in [-0.1, -0.05) is 23.7 Å². The van der Waals surface area contributed by atoms with E-state index in [4.69, 9.17) is 27.9 Å². The van der Waals surface area contributed by atoms with Crippen molar-refractivity contribution in [2.75, 3.05) is 7.11 Å². The molecular weight excluding hydrogens is 286 g/mol. The molecule has 0 N–H and O–H groups in total. The molecule has 0 spiro atoms. The van der Waals surface area contributed by atoms with Crippen molar-refractivity contribution in [2.24, 2.45) is 0 Å². The van der Waals surface area contributed by atoms with Crippen LogP contribution >= 0.6 is 23.2 Å². The van der Waals surface area contributed by atoms with Crippen LogP contribution in [0.3, 0.4) is 0 Å². The molecule has 0 aliphatic rings. The Hall–Kier alpha value is -1.25. The fraction of sp³-hybridized carbons (Fsp3) is 0.200. The standard InChI is InChI=1S/C15H13Cl2FO/c1-9-8-10(19-2)6-7-11(9)15(17)14-12(16)4-3-5-13(14)18/h3-8,15H,1-2H3. The number of hydrogen-bond donors (Lipinski definition) is 0. The quantitative estimate of drug-likeness (QED) is 0.714. The lowest BCUT2D eigenvalue weighted by Crippen LogP contribution is -2.01. The summed E-state index contributed by atoms with van der Waals surface area (Å²) in [4.78, 5) is 0. The highest BCUT2D eigenvalue weighted by Crippen LogP contribution is 2.37. The van der Waals surface area contributed by atoms with Crippen LogP contribution in [0.4, 0.5) is 4.39 Å². The number of aryl methyl sites for hydroxylation is 1. The lowest BCUT2D eigenvalue weighted by Gasteiger charge is -2.16. The predicted octanol–water partition coefficient (Wildman–Crippen LogP) is 5.12. The summed E-state index contributed by atoms with van der Waals surface area (Å²) in [5.41, 5.74) is 2.05. The number of alkyl halides is 1. The van der Waals surface area contributed by atoms with Crippen LogP contribution in [-0.4, -0.2) is 7.11 Å². The smallest absolute Gasteiger partial charge is 0.129 e. The summed E-state index contributed by atoms with van der Waals surface area (Å²) in [7, 11) is 1.60. The number of methoxy groups -OCH3 is 1. The fourth-order valence-electron chi connectivity index (χ4n) is 1.97. The van der Waals surface area contributed by atoms with Crippen LogP contribution in [0.5, 0.6) is 5.75 Å². The Morgan fingerprint density at radius 1 is 1.21 bits per heavy atom. The molecule has 0 bridgehead atoms. The molecule has 0 heterocycles. The van der Waals surface area contributed by atoms with Crippen LogP contribution in [0.1, 0.15) is 22.1 Å². The topological polar surface area (TPSA) is 9.23 Å². The highest BCUT2D eigenvalue weighted by molar-refractivity contribution is 6.33. The molecule has 0 aromatic heterocycles. The van der Waals surface area contributed by atoms with Crippen molar-refractivity contribution in [3.63, 3.8) is 0 Å². The first kappa shape index (κ1) is 14.2. The highest BCUT2D eigenvalue weighted by atomic mass is 35.5. The average molecular weight is 299 g/mol. The number of hydrogen-bond acceptors (Lipinski definition) is 1. The van der Waals surface area contributed by atoms with E-state index in [1.807, 2.05) is 19.1 Å². The predicted molar refractivity (Wildman–Crippen MR) is 76.8 cm³/mol. The third kappa shape index (κ3) is 2.85. The Morgan fingerprint density at radius 2 is 1.95 bits per heavy atom. The molecular formula is C15H13Cl2FO. The summed E-state index contributed by atoms with van der Waals surface area (Å²) in [6.45, 7) is 1.90. The Bertz CT molecular complexity index is 578. The van der Waals surface area contributed by atoms with Crippen LogP contribution < -0.4 is 4.74 Å². The molecule has 0 radical (unpaired) electrons. The van der Waals surface area contributed by atoms with Crippen LogP contribution in [0.2, 0.25) is 5.02 Å². The number of benzene rings is 2. The van der Waals surface area contributed by atoms with Gasteiger partial charge in [-0.3, -0.25) is 0 Å². The van der Waals surface area contributed by atoms with Gasteiger partial charge in [0.1, 0.15) is 11.6 Å². The molecule has 1 atom stereocenters. The van der Waals surface area contributed by atoms with E-state index in [1.165, 1.54) is 6.07 Å². The van der Waals surface area contributed by atoms with Crippen molar-refractivity contribution in [3.05, 3.63) is 63.9 Å². The molecule has 100 valence electrons. The Balaban J connectivity index is 2.47. The molecule has 19 heavy (non-hydrogen) atoms. The molecule has 0 fully saturated rings. The monoisotopic (exact) mass is 298 g/mol. The molecule has 2 aromatic carbocycles. The first-order chi connectivity index (χ1) is 9.04. The molecule has 0 aliphatic heterocycles. The van der Waals surface area contributed by atoms with Crippen molar-refractivity contribution in [2.45, 2.75) is 12.3 Å². The number of ether oxygens (including phenoxy) is 1. The van der Waals surface area contributed by atoms with Gasteiger partial charge in [0.05, 0.1) is 12.5 Å². The molecule has 4 heteroatoms. The van der Waals surface area contributed by atoms with Gasteiger partial charge in [0.15, 0.2) is 0 Å². The van der Waals surface area contributed by atoms with Gasteiger partial charge in [-0.05, 0) is 42.3 Å². The van der Waals surface area contributed by atoms with Gasteiger partial charge in [0, 0.05) is 10.6 Å². The second-order valence-electron chi connectivity index (χ2n) is 4.22. The third-order valence-electron chi connectivity index (χ3n) is 3.00. The Labute approximate surface area is 121 Å². The third-order valence-corrected chi connectivity index (χ3v) is 3.79. The van der Waals surface area contributed by atoms with E-state index in [1.54, 1.807) is 25.3 Å². The summed E-state index contributed by atoms with van der Waals surface area (Å²) in [5.74, 6) is 0.340. The van der Waals surface area contributed by atoms with Gasteiger partial charge in [-0.25, -0.2) is 4.39 Å². The van der Waals surface area contributed by atoms with Crippen molar-refractivity contribution in [1.29, 1.82) is 0 Å². The first-order valence-electron chi connectivity index (χ1n) is 5.77. The van der Waals surface area contributed by atoms with Crippen molar-refractivity contribution in [1.82, 2.24) is 0 Å². The zero-order valence-electron chi connectivity index (χ0n) is 10.6. The zero-order valence-corrected chi connectivity index (χ0v) is 12.1. The van der Waals surface area contributed by atoms with E-state index in [2.05, 4.69) is 0 Å². The lowest BCUT2D eigenvalue weighted by molar-refractivity contribution is 0.414. The van der Waals surface area contributed by atoms with E-state index < -0.39 is 11.2 Å². The van der Waals surface area contributed by atoms with Gasteiger partial charge in [0.2, 0.25) is 0 Å². The SMILES string of the molecule is COc1ccc(C(Cl)c2c(F)cccc2Cl)c(C)c1. The highest BCUT2D eigenvalue weighted by Gasteiger charge is 2.20. The van der Waals surface area contributed by atoms with Gasteiger partial charge in [0.25, 0.3) is 0 Å². The Morgan fingerprint density at radius 3 is 2.53 bits per heavy atom. The molecule has 0 saturated carbocycles. The van der Waals surface area contributed by atoms with Crippen molar-refractivity contribution in [3.8, 4) is 5.75 Å². The summed E-state index contributed by atoms with van der Waals surface area (Å²) < 4.78 is 19.0. The maximum absolute atomic E-state index is 13.9. The summed E-state index contributed by atoms with van der Waals surface area (Å²) >= 11 is 12.4. The van der Waals surface area contributed by atoms with Crippen LogP contribution in [-0.2, 0) is 0 Å². The molecule has 1 unspecified atom stereocenters. The Kier molecular flexibility index (Phi) is 4.33. The first-order valence-corrected chi connectivity index (χ1v) is 6.58. The molecule has 0 amide bonds. The zero-order chi connectivity index (χ0) is 14.0. The van der Waals surface area contributed by atoms with E-state index in [-0.39, 0.29) is 0 Å². The van der Waals surface area contributed by atoms with Gasteiger partial charge >= 0.3 is 0 Å². The van der Waals surface area contributed by atoms with E-state index in [0.717, 1.165) is 16.9 Å². The van der Waals surface area contributed by atoms with Crippen LogP contribution in [0.15, 0.2) is 36.4 Å². The van der Waals surface area contributed by atoms with Crippen molar-refractivity contribution >= 4 is 23.2 Å². The minimum Gasteiger partial charge on any atom is -0.497 e. The summed E-state index contributed by atoms with van der Waals surface area (Å²) in [6.07, 6.45) is 0. The maximum atomic E-state index is 13.9. The molecule has 2 aromatic rings. The number of rotatable bonds is 3. The number of halogens is 3. The minimum absolute atomic E-state index is 0.305. The van der Waals surface area contributed by atoms with E-state index in [9.17, 15) is 4.39 Å². The molecule has 2 rings (SSSR count). The molecule has 1 nitrogen and oxygen atoms in total. The molecule has 0 saturated heterocycles. The largest absolute Gasteiger partial charge is 0.497 e.